The normalized spacial score (nSPS) is 11.6. The number of guanidine groups is 1. The highest BCUT2D eigenvalue weighted by atomic mass is 32.2. The molecule has 0 aliphatic rings. The molecule has 5 nitrogen and oxygen atoms in total. The number of aryl methyl sites for hydroxylation is 1. The molecule has 0 aromatic carbocycles. The van der Waals surface area contributed by atoms with E-state index < -0.39 is 0 Å². The molecule has 2 N–H and O–H groups in total. The highest BCUT2D eigenvalue weighted by Gasteiger charge is 1.99. The Balaban J connectivity index is 2.42. The summed E-state index contributed by atoms with van der Waals surface area (Å²) in [7, 11) is 1.93. The maximum absolute atomic E-state index is 4.54. The number of aromatic nitrogens is 2. The number of aliphatic imine (C=N–C) groups is 1. The molecular formula is C12H23N5S. The van der Waals surface area contributed by atoms with Gasteiger partial charge in [-0.05, 0) is 31.4 Å². The third-order valence-corrected chi connectivity index (χ3v) is 3.18. The van der Waals surface area contributed by atoms with Crippen molar-refractivity contribution in [3.63, 3.8) is 0 Å². The monoisotopic (exact) mass is 269 g/mol. The maximum atomic E-state index is 4.54. The van der Waals surface area contributed by atoms with Gasteiger partial charge >= 0.3 is 0 Å². The van der Waals surface area contributed by atoms with E-state index in [1.165, 1.54) is 5.75 Å². The lowest BCUT2D eigenvalue weighted by molar-refractivity contribution is 0.706. The number of hydrogen-bond acceptors (Lipinski definition) is 3. The lowest BCUT2D eigenvalue weighted by Crippen LogP contribution is -2.37. The molecule has 0 bridgehead atoms. The number of nitrogens with zero attached hydrogens (tertiary/aromatic N) is 3. The molecule has 0 aliphatic heterocycles. The molecule has 102 valence electrons. The third-order valence-electron chi connectivity index (χ3n) is 2.48. The second-order valence-electron chi connectivity index (χ2n) is 3.91. The molecular weight excluding hydrogens is 246 g/mol. The van der Waals surface area contributed by atoms with Crippen molar-refractivity contribution in [2.45, 2.75) is 19.9 Å². The molecule has 0 spiro atoms. The van der Waals surface area contributed by atoms with Crippen LogP contribution in [0.25, 0.3) is 0 Å². The first-order valence-electron chi connectivity index (χ1n) is 6.26. The fraction of sp³-hybridized carbons (Fsp3) is 0.667. The van der Waals surface area contributed by atoms with Gasteiger partial charge in [-0.3, -0.25) is 4.68 Å². The molecule has 1 aromatic heterocycles. The zero-order valence-corrected chi connectivity index (χ0v) is 12.3. The van der Waals surface area contributed by atoms with E-state index in [1.54, 1.807) is 6.20 Å². The zero-order valence-electron chi connectivity index (χ0n) is 11.4. The SMILES string of the molecule is CCNC(=NCc1ccnn1C)NCCCSC. The minimum absolute atomic E-state index is 0.647. The van der Waals surface area contributed by atoms with Gasteiger partial charge in [-0.25, -0.2) is 4.99 Å². The average molecular weight is 269 g/mol. The first kappa shape index (κ1) is 14.9. The molecule has 6 heteroatoms. The van der Waals surface area contributed by atoms with Gasteiger partial charge in [-0.2, -0.15) is 16.9 Å². The van der Waals surface area contributed by atoms with Crippen LogP contribution in [0.3, 0.4) is 0 Å². The second-order valence-corrected chi connectivity index (χ2v) is 4.90. The Bertz CT molecular complexity index is 361. The van der Waals surface area contributed by atoms with Crippen LogP contribution in [0.1, 0.15) is 19.0 Å². The predicted octanol–water partition coefficient (Wildman–Crippen LogP) is 1.23. The molecule has 0 amide bonds. The van der Waals surface area contributed by atoms with Crippen molar-refractivity contribution in [1.29, 1.82) is 0 Å². The van der Waals surface area contributed by atoms with E-state index in [0.717, 1.165) is 31.2 Å². The fourth-order valence-corrected chi connectivity index (χ4v) is 1.91. The first-order valence-corrected chi connectivity index (χ1v) is 7.65. The maximum Gasteiger partial charge on any atom is 0.191 e. The molecule has 0 atom stereocenters. The van der Waals surface area contributed by atoms with Crippen molar-refractivity contribution >= 4 is 17.7 Å². The van der Waals surface area contributed by atoms with E-state index >= 15 is 0 Å². The Morgan fingerprint density at radius 3 is 2.94 bits per heavy atom. The molecule has 0 radical (unpaired) electrons. The van der Waals surface area contributed by atoms with E-state index in [-0.39, 0.29) is 0 Å². The van der Waals surface area contributed by atoms with Gasteiger partial charge in [0.05, 0.1) is 12.2 Å². The lowest BCUT2D eigenvalue weighted by Gasteiger charge is -2.10. The third kappa shape index (κ3) is 5.44. The van der Waals surface area contributed by atoms with E-state index in [9.17, 15) is 0 Å². The van der Waals surface area contributed by atoms with Gasteiger partial charge in [0.15, 0.2) is 5.96 Å². The van der Waals surface area contributed by atoms with Crippen LogP contribution in [-0.4, -0.2) is 40.8 Å². The van der Waals surface area contributed by atoms with Gasteiger partial charge in [-0.1, -0.05) is 0 Å². The summed E-state index contributed by atoms with van der Waals surface area (Å²) < 4.78 is 1.85. The molecule has 1 rings (SSSR count). The summed E-state index contributed by atoms with van der Waals surface area (Å²) in [6.45, 7) is 4.55. The van der Waals surface area contributed by atoms with Gasteiger partial charge in [0.25, 0.3) is 0 Å². The Morgan fingerprint density at radius 1 is 1.50 bits per heavy atom. The van der Waals surface area contributed by atoms with Gasteiger partial charge in [0, 0.05) is 26.3 Å². The van der Waals surface area contributed by atoms with Crippen molar-refractivity contribution < 1.29 is 0 Å². The molecule has 0 aliphatic carbocycles. The summed E-state index contributed by atoms with van der Waals surface area (Å²) >= 11 is 1.87. The fourth-order valence-electron chi connectivity index (χ4n) is 1.48. The molecule has 1 aromatic rings. The van der Waals surface area contributed by atoms with Crippen molar-refractivity contribution in [2.75, 3.05) is 25.1 Å². The van der Waals surface area contributed by atoms with Crippen molar-refractivity contribution in [1.82, 2.24) is 20.4 Å². The van der Waals surface area contributed by atoms with Crippen LogP contribution in [0.2, 0.25) is 0 Å². The number of rotatable bonds is 7. The van der Waals surface area contributed by atoms with Crippen molar-refractivity contribution in [3.8, 4) is 0 Å². The minimum Gasteiger partial charge on any atom is -0.357 e. The Kier molecular flexibility index (Phi) is 7.32. The number of hydrogen-bond donors (Lipinski definition) is 2. The van der Waals surface area contributed by atoms with E-state index in [0.29, 0.717) is 6.54 Å². The predicted molar refractivity (Wildman–Crippen MR) is 79.0 cm³/mol. The lowest BCUT2D eigenvalue weighted by atomic mass is 10.4. The summed E-state index contributed by atoms with van der Waals surface area (Å²) in [6.07, 6.45) is 5.07. The van der Waals surface area contributed by atoms with Crippen LogP contribution < -0.4 is 10.6 Å². The van der Waals surface area contributed by atoms with Gasteiger partial charge in [0.1, 0.15) is 0 Å². The van der Waals surface area contributed by atoms with E-state index in [1.807, 2.05) is 29.6 Å². The van der Waals surface area contributed by atoms with Crippen LogP contribution in [0.4, 0.5) is 0 Å². The summed E-state index contributed by atoms with van der Waals surface area (Å²) in [5.74, 6) is 2.05. The average Bonchev–Trinajstić information content (AvgIpc) is 2.77. The minimum atomic E-state index is 0.647. The Hall–Kier alpha value is -1.17. The van der Waals surface area contributed by atoms with Crippen molar-refractivity contribution in [2.24, 2.45) is 12.0 Å². The van der Waals surface area contributed by atoms with Gasteiger partial charge < -0.3 is 10.6 Å². The van der Waals surface area contributed by atoms with Gasteiger partial charge in [-0.15, -0.1) is 0 Å². The van der Waals surface area contributed by atoms with Crippen LogP contribution in [0, 0.1) is 0 Å². The molecule has 0 saturated carbocycles. The van der Waals surface area contributed by atoms with Crippen LogP contribution in [0.15, 0.2) is 17.3 Å². The first-order chi connectivity index (χ1) is 8.77. The quantitative estimate of drug-likeness (QED) is 0.444. The van der Waals surface area contributed by atoms with E-state index in [4.69, 9.17) is 0 Å². The van der Waals surface area contributed by atoms with E-state index in [2.05, 4.69) is 33.9 Å². The van der Waals surface area contributed by atoms with Gasteiger partial charge in [0.2, 0.25) is 0 Å². The highest BCUT2D eigenvalue weighted by molar-refractivity contribution is 7.98. The van der Waals surface area contributed by atoms with Crippen LogP contribution in [-0.2, 0) is 13.6 Å². The Morgan fingerprint density at radius 2 is 2.33 bits per heavy atom. The smallest absolute Gasteiger partial charge is 0.191 e. The van der Waals surface area contributed by atoms with Crippen LogP contribution >= 0.6 is 11.8 Å². The largest absolute Gasteiger partial charge is 0.357 e. The Labute approximate surface area is 113 Å². The number of thioether (sulfide) groups is 1. The molecule has 0 unspecified atom stereocenters. The summed E-state index contributed by atoms with van der Waals surface area (Å²) in [5, 5.41) is 10.7. The molecule has 0 fully saturated rings. The van der Waals surface area contributed by atoms with Crippen molar-refractivity contribution in [3.05, 3.63) is 18.0 Å². The molecule has 0 saturated heterocycles. The topological polar surface area (TPSA) is 54.2 Å². The summed E-state index contributed by atoms with van der Waals surface area (Å²) in [4.78, 5) is 4.54. The number of nitrogens with one attached hydrogen (secondary N) is 2. The summed E-state index contributed by atoms with van der Waals surface area (Å²) in [5.41, 5.74) is 1.11. The zero-order chi connectivity index (χ0) is 13.2. The van der Waals surface area contributed by atoms with Crippen LogP contribution in [0.5, 0.6) is 0 Å². The molecule has 18 heavy (non-hydrogen) atoms. The standard InChI is InChI=1S/C12H23N5S/c1-4-13-12(14-7-5-9-18-3)15-10-11-6-8-16-17(11)2/h6,8H,4-5,7,9-10H2,1-3H3,(H2,13,14,15). The summed E-state index contributed by atoms with van der Waals surface area (Å²) in [6, 6.07) is 1.99. The molecule has 1 heterocycles. The second kappa shape index (κ2) is 8.85. The highest BCUT2D eigenvalue weighted by Crippen LogP contribution is 1.98.